The fraction of sp³-hybridized carbons (Fsp3) is 0.370. The maximum absolute atomic E-state index is 14.0. The number of likely N-dealkylation sites (tertiary alicyclic amines) is 1. The highest BCUT2D eigenvalue weighted by molar-refractivity contribution is 6.31. The molecule has 2 aromatic carbocycles. The molecule has 2 aliphatic rings. The van der Waals surface area contributed by atoms with E-state index in [2.05, 4.69) is 17.2 Å². The first-order chi connectivity index (χ1) is 16.9. The van der Waals surface area contributed by atoms with E-state index in [9.17, 15) is 19.5 Å². The molecule has 1 spiro atoms. The third-order valence-electron chi connectivity index (χ3n) is 6.95. The summed E-state index contributed by atoms with van der Waals surface area (Å²) in [5.74, 6) is -1.60. The SMILES string of the molecule is C=C(C)[C@H]1N(CC(=O)NC(C)(C)CO)C(=O)C[C@@H](c2cccc(Cl)c2)[C@]12C(=O)Nc1cc(Cl)ccc12. The van der Waals surface area contributed by atoms with Gasteiger partial charge < -0.3 is 20.6 Å². The smallest absolute Gasteiger partial charge is 0.240 e. The number of carbonyl (C=O) groups is 3. The molecule has 7 nitrogen and oxygen atoms in total. The van der Waals surface area contributed by atoms with E-state index in [-0.39, 0.29) is 31.4 Å². The lowest BCUT2D eigenvalue weighted by Gasteiger charge is -2.51. The van der Waals surface area contributed by atoms with Crippen LogP contribution in [0.3, 0.4) is 0 Å². The van der Waals surface area contributed by atoms with Gasteiger partial charge in [-0.2, -0.15) is 0 Å². The van der Waals surface area contributed by atoms with Gasteiger partial charge in [0, 0.05) is 28.1 Å². The van der Waals surface area contributed by atoms with Crippen molar-refractivity contribution < 1.29 is 19.5 Å². The predicted molar refractivity (Wildman–Crippen MR) is 140 cm³/mol. The molecule has 0 unspecified atom stereocenters. The second-order valence-corrected chi connectivity index (χ2v) is 11.1. The maximum atomic E-state index is 14.0. The second-order valence-electron chi connectivity index (χ2n) is 10.2. The predicted octanol–water partition coefficient (Wildman–Crippen LogP) is 4.03. The van der Waals surface area contributed by atoms with E-state index in [1.165, 1.54) is 4.90 Å². The summed E-state index contributed by atoms with van der Waals surface area (Å²) in [6.07, 6.45) is -0.0176. The second kappa shape index (κ2) is 9.54. The molecule has 4 rings (SSSR count). The van der Waals surface area contributed by atoms with Gasteiger partial charge in [0.05, 0.1) is 18.2 Å². The van der Waals surface area contributed by atoms with Crippen molar-refractivity contribution in [1.82, 2.24) is 10.2 Å². The molecule has 0 aliphatic carbocycles. The molecule has 1 fully saturated rings. The number of carbonyl (C=O) groups excluding carboxylic acids is 3. The zero-order valence-corrected chi connectivity index (χ0v) is 21.9. The fourth-order valence-corrected chi connectivity index (χ4v) is 5.90. The molecule has 3 N–H and O–H groups in total. The van der Waals surface area contributed by atoms with Crippen molar-refractivity contribution in [3.8, 4) is 0 Å². The van der Waals surface area contributed by atoms with Gasteiger partial charge in [-0.25, -0.2) is 0 Å². The van der Waals surface area contributed by atoms with Crippen LogP contribution in [0.25, 0.3) is 0 Å². The Bertz CT molecular complexity index is 1260. The van der Waals surface area contributed by atoms with Crippen molar-refractivity contribution in [1.29, 1.82) is 0 Å². The van der Waals surface area contributed by atoms with Gasteiger partial charge in [0.25, 0.3) is 0 Å². The molecular weight excluding hydrogens is 501 g/mol. The van der Waals surface area contributed by atoms with E-state index in [1.807, 2.05) is 6.07 Å². The van der Waals surface area contributed by atoms with Gasteiger partial charge in [0.2, 0.25) is 17.7 Å². The third kappa shape index (κ3) is 4.40. The van der Waals surface area contributed by atoms with Crippen LogP contribution in [-0.4, -0.2) is 52.5 Å². The van der Waals surface area contributed by atoms with E-state index < -0.39 is 28.8 Å². The summed E-state index contributed by atoms with van der Waals surface area (Å²) in [5.41, 5.74) is 0.406. The van der Waals surface area contributed by atoms with E-state index in [0.717, 1.165) is 5.56 Å². The number of nitrogens with zero attached hydrogens (tertiary/aromatic N) is 1. The number of nitrogens with one attached hydrogen (secondary N) is 2. The van der Waals surface area contributed by atoms with E-state index in [4.69, 9.17) is 23.2 Å². The van der Waals surface area contributed by atoms with Gasteiger partial charge in [-0.05, 0) is 56.2 Å². The number of hydrogen-bond acceptors (Lipinski definition) is 4. The monoisotopic (exact) mass is 529 g/mol. The molecule has 0 bridgehead atoms. The summed E-state index contributed by atoms with van der Waals surface area (Å²) in [5, 5.41) is 16.2. The first kappa shape index (κ1) is 26.2. The molecular formula is C27H29Cl2N3O4. The molecule has 36 heavy (non-hydrogen) atoms. The van der Waals surface area contributed by atoms with Gasteiger partial charge >= 0.3 is 0 Å². The number of aliphatic hydroxyl groups excluding tert-OH is 1. The Hall–Kier alpha value is -2.87. The van der Waals surface area contributed by atoms with Crippen molar-refractivity contribution in [3.63, 3.8) is 0 Å². The lowest BCUT2D eigenvalue weighted by atomic mass is 9.58. The van der Waals surface area contributed by atoms with Gasteiger partial charge in [-0.1, -0.05) is 53.6 Å². The van der Waals surface area contributed by atoms with Crippen molar-refractivity contribution in [2.24, 2.45) is 0 Å². The quantitative estimate of drug-likeness (QED) is 0.492. The van der Waals surface area contributed by atoms with Crippen molar-refractivity contribution in [3.05, 3.63) is 75.8 Å². The molecule has 2 heterocycles. The molecule has 0 saturated carbocycles. The number of amides is 3. The number of anilines is 1. The molecule has 3 atom stereocenters. The average molecular weight is 530 g/mol. The molecule has 9 heteroatoms. The molecule has 0 aromatic heterocycles. The highest BCUT2D eigenvalue weighted by Gasteiger charge is 2.63. The minimum Gasteiger partial charge on any atom is -0.394 e. The number of benzene rings is 2. The number of halogens is 2. The fourth-order valence-electron chi connectivity index (χ4n) is 5.53. The van der Waals surface area contributed by atoms with Crippen molar-refractivity contribution in [2.45, 2.75) is 50.1 Å². The average Bonchev–Trinajstić information content (AvgIpc) is 3.06. The van der Waals surface area contributed by atoms with Gasteiger partial charge in [0.15, 0.2) is 0 Å². The maximum Gasteiger partial charge on any atom is 0.240 e. The highest BCUT2D eigenvalue weighted by Crippen LogP contribution is 2.56. The van der Waals surface area contributed by atoms with Gasteiger partial charge in [-0.3, -0.25) is 14.4 Å². The normalized spacial score (nSPS) is 23.4. The molecule has 2 aromatic rings. The summed E-state index contributed by atoms with van der Waals surface area (Å²) in [6, 6.07) is 11.5. The minimum atomic E-state index is -1.27. The van der Waals surface area contributed by atoms with Crippen LogP contribution in [0.2, 0.25) is 10.0 Å². The topological polar surface area (TPSA) is 98.7 Å². The summed E-state index contributed by atoms with van der Waals surface area (Å²) >= 11 is 12.6. The number of hydrogen-bond donors (Lipinski definition) is 3. The van der Waals surface area contributed by atoms with E-state index >= 15 is 0 Å². The van der Waals surface area contributed by atoms with Crippen LogP contribution in [0.15, 0.2) is 54.6 Å². The summed E-state index contributed by atoms with van der Waals surface area (Å²) in [7, 11) is 0. The largest absolute Gasteiger partial charge is 0.394 e. The van der Waals surface area contributed by atoms with Crippen LogP contribution in [0.5, 0.6) is 0 Å². The lowest BCUT2D eigenvalue weighted by molar-refractivity contribution is -0.147. The first-order valence-electron chi connectivity index (χ1n) is 11.6. The molecule has 0 radical (unpaired) electrons. The first-order valence-corrected chi connectivity index (χ1v) is 12.4. The van der Waals surface area contributed by atoms with Gasteiger partial charge in [0.1, 0.15) is 12.0 Å². The number of piperidine rings is 1. The van der Waals surface area contributed by atoms with Crippen molar-refractivity contribution >= 4 is 46.6 Å². The Morgan fingerprint density at radius 3 is 2.56 bits per heavy atom. The Labute approximate surface area is 220 Å². The van der Waals surface area contributed by atoms with E-state index in [1.54, 1.807) is 57.2 Å². The molecule has 2 aliphatic heterocycles. The molecule has 3 amide bonds. The lowest BCUT2D eigenvalue weighted by Crippen LogP contribution is -2.65. The van der Waals surface area contributed by atoms with Crippen LogP contribution in [-0.2, 0) is 19.8 Å². The van der Waals surface area contributed by atoms with Crippen LogP contribution < -0.4 is 10.6 Å². The van der Waals surface area contributed by atoms with Crippen LogP contribution >= 0.6 is 23.2 Å². The number of fused-ring (bicyclic) bond motifs is 2. The summed E-state index contributed by atoms with van der Waals surface area (Å²) < 4.78 is 0. The molecule has 1 saturated heterocycles. The van der Waals surface area contributed by atoms with Crippen molar-refractivity contribution in [2.75, 3.05) is 18.5 Å². The zero-order chi connectivity index (χ0) is 26.4. The minimum absolute atomic E-state index is 0.0176. The standard InChI is InChI=1S/C27H29Cl2N3O4/c1-15(2)24-27(19-9-8-18(29)11-21(19)30-25(27)36)20(16-6-5-7-17(28)10-16)12-23(35)32(24)13-22(34)31-26(3,4)14-33/h5-11,20,24,33H,1,12-14H2,2-4H3,(H,30,36)(H,31,34)/t20-,24+,27-/m0/s1. The van der Waals surface area contributed by atoms with Crippen LogP contribution in [0, 0.1) is 0 Å². The molecule has 190 valence electrons. The van der Waals surface area contributed by atoms with Gasteiger partial charge in [-0.15, -0.1) is 0 Å². The zero-order valence-electron chi connectivity index (χ0n) is 20.4. The third-order valence-corrected chi connectivity index (χ3v) is 7.42. The summed E-state index contributed by atoms with van der Waals surface area (Å²) in [4.78, 5) is 42.1. The Kier molecular flexibility index (Phi) is 6.94. The Morgan fingerprint density at radius 1 is 1.22 bits per heavy atom. The number of aliphatic hydroxyl groups is 1. The Morgan fingerprint density at radius 2 is 1.92 bits per heavy atom. The number of rotatable bonds is 6. The van der Waals surface area contributed by atoms with E-state index in [0.29, 0.717) is 26.9 Å². The Balaban J connectivity index is 1.90. The highest BCUT2D eigenvalue weighted by atomic mass is 35.5. The van der Waals surface area contributed by atoms with Crippen LogP contribution in [0.4, 0.5) is 5.69 Å². The van der Waals surface area contributed by atoms with Crippen LogP contribution in [0.1, 0.15) is 44.2 Å². The summed E-state index contributed by atoms with van der Waals surface area (Å²) in [6.45, 7) is 8.71.